The molecule has 2 aliphatic heterocycles. The van der Waals surface area contributed by atoms with Crippen LogP contribution in [0.5, 0.6) is 5.75 Å². The highest BCUT2D eigenvalue weighted by molar-refractivity contribution is 8.08. The first-order valence-corrected chi connectivity index (χ1v) is 22.4. The molecule has 16 nitrogen and oxygen atoms in total. The van der Waals surface area contributed by atoms with Crippen molar-refractivity contribution in [3.63, 3.8) is 0 Å². The summed E-state index contributed by atoms with van der Waals surface area (Å²) in [6, 6.07) is 24.7. The van der Waals surface area contributed by atoms with Crippen molar-refractivity contribution < 1.29 is 47.8 Å². The fourth-order valence-corrected chi connectivity index (χ4v) is 9.17. The number of esters is 1. The predicted octanol–water partition coefficient (Wildman–Crippen LogP) is 7.36. The fourth-order valence-electron chi connectivity index (χ4n) is 6.13. The van der Waals surface area contributed by atoms with E-state index in [1.807, 2.05) is 78.9 Å². The lowest BCUT2D eigenvalue weighted by atomic mass is 10.0. The number of thioether (sulfide) groups is 2. The number of anilines is 1. The van der Waals surface area contributed by atoms with Gasteiger partial charge in [-0.1, -0.05) is 95.8 Å². The topological polar surface area (TPSA) is 196 Å². The van der Waals surface area contributed by atoms with Crippen LogP contribution in [-0.4, -0.2) is 89.1 Å². The normalized spacial score (nSPS) is 16.2. The molecule has 63 heavy (non-hydrogen) atoms. The number of fused-ring (bicyclic) bond motifs is 1. The van der Waals surface area contributed by atoms with Crippen LogP contribution in [-0.2, 0) is 40.0 Å². The van der Waals surface area contributed by atoms with Crippen LogP contribution in [0.4, 0.5) is 14.7 Å². The van der Waals surface area contributed by atoms with E-state index in [1.165, 1.54) is 40.9 Å². The molecule has 3 N–H and O–H groups in total. The van der Waals surface area contributed by atoms with Crippen molar-refractivity contribution in [2.75, 3.05) is 31.8 Å². The summed E-state index contributed by atoms with van der Waals surface area (Å²) in [5.74, 6) is -1.00. The van der Waals surface area contributed by atoms with E-state index < -0.39 is 53.1 Å². The monoisotopic (exact) mass is 914 g/mol. The standard InChI is InChI=1S/C44H46N6O10S3/c1-44(2,3)60-43(55)48-41-46-31(25-63-41)33(49-57-5)37(51)47-34-38(52)50-35(40(53)59-36(28-14-8-6-9-15-28)29-16-10-7-11-17-29)32(26-62-39(34)50)61-23-13-12-22-45-42(54)58-24-27-18-20-30(56-4)21-19-27/h6-11,13-21,23,25,34,36,39H,12,22,24,26H2,1-5H3,(H,45,54)(H,47,51)(H,46,48,55)/b23-13-,49-33-/t34?,39-/m1/s1. The Kier molecular flexibility index (Phi) is 15.9. The molecule has 3 aromatic carbocycles. The maximum absolute atomic E-state index is 14.4. The zero-order valence-corrected chi connectivity index (χ0v) is 37.5. The van der Waals surface area contributed by atoms with Crippen molar-refractivity contribution in [3.8, 4) is 5.75 Å². The number of oxime groups is 1. The van der Waals surface area contributed by atoms with Crippen molar-refractivity contribution in [1.29, 1.82) is 0 Å². The summed E-state index contributed by atoms with van der Waals surface area (Å²) in [6.07, 6.45) is 0.216. The zero-order chi connectivity index (χ0) is 44.9. The Bertz CT molecular complexity index is 2310. The van der Waals surface area contributed by atoms with Gasteiger partial charge in [0.1, 0.15) is 47.9 Å². The number of amides is 4. The maximum Gasteiger partial charge on any atom is 0.413 e. The highest BCUT2D eigenvalue weighted by Crippen LogP contribution is 2.45. The van der Waals surface area contributed by atoms with Gasteiger partial charge in [-0.3, -0.25) is 19.8 Å². The Balaban J connectivity index is 1.15. The molecule has 1 aromatic heterocycles. The van der Waals surface area contributed by atoms with Gasteiger partial charge < -0.3 is 34.4 Å². The Morgan fingerprint density at radius 3 is 2.29 bits per heavy atom. The molecule has 1 saturated heterocycles. The molecule has 0 radical (unpaired) electrons. The number of ether oxygens (including phenoxy) is 4. The highest BCUT2D eigenvalue weighted by Gasteiger charge is 2.55. The summed E-state index contributed by atoms with van der Waals surface area (Å²) >= 11 is 3.66. The van der Waals surface area contributed by atoms with Gasteiger partial charge >= 0.3 is 18.2 Å². The second kappa shape index (κ2) is 21.7. The van der Waals surface area contributed by atoms with E-state index in [4.69, 9.17) is 23.8 Å². The third kappa shape index (κ3) is 12.4. The Hall–Kier alpha value is -6.31. The minimum atomic E-state index is -1.04. The SMILES string of the molecule is CO/N=C(\C(=O)NC1C(=O)N2C(C(=O)OC(c3ccccc3)c3ccccc3)=C(S/C=C\CCNC(=O)OCc3ccc(OC)cc3)CS[C@H]12)c1csc(NC(=O)OC(C)(C)C)n1. The van der Waals surface area contributed by atoms with Crippen LogP contribution >= 0.6 is 34.9 Å². The Morgan fingerprint density at radius 1 is 0.968 bits per heavy atom. The highest BCUT2D eigenvalue weighted by atomic mass is 32.2. The van der Waals surface area contributed by atoms with Gasteiger partial charge in [-0.2, -0.15) is 0 Å². The summed E-state index contributed by atoms with van der Waals surface area (Å²) in [6.45, 7) is 5.57. The number of thiazole rings is 1. The third-order valence-electron chi connectivity index (χ3n) is 9.01. The number of alkyl carbamates (subject to hydrolysis) is 1. The van der Waals surface area contributed by atoms with Crippen molar-refractivity contribution in [1.82, 2.24) is 20.5 Å². The lowest BCUT2D eigenvalue weighted by Gasteiger charge is -2.49. The van der Waals surface area contributed by atoms with E-state index in [-0.39, 0.29) is 28.8 Å². The van der Waals surface area contributed by atoms with E-state index in [1.54, 1.807) is 45.4 Å². The summed E-state index contributed by atoms with van der Waals surface area (Å²) in [5, 5.41) is 14.6. The molecule has 4 aromatic rings. The molecule has 2 aliphatic rings. The van der Waals surface area contributed by atoms with Gasteiger partial charge in [-0.15, -0.1) is 23.1 Å². The molecular weight excluding hydrogens is 869 g/mol. The van der Waals surface area contributed by atoms with Gasteiger partial charge in [0, 0.05) is 22.6 Å². The number of methoxy groups -OCH3 is 1. The third-order valence-corrected chi connectivity index (χ3v) is 12.2. The average Bonchev–Trinajstić information content (AvgIpc) is 3.74. The van der Waals surface area contributed by atoms with Gasteiger partial charge in [0.05, 0.1) is 7.11 Å². The summed E-state index contributed by atoms with van der Waals surface area (Å²) in [5.41, 5.74) is 1.47. The first kappa shape index (κ1) is 46.2. The van der Waals surface area contributed by atoms with E-state index in [2.05, 4.69) is 26.1 Å². The number of rotatable bonds is 17. The molecular formula is C44H46N6O10S3. The van der Waals surface area contributed by atoms with Gasteiger partial charge in [-0.25, -0.2) is 19.4 Å². The van der Waals surface area contributed by atoms with Crippen LogP contribution in [0, 0.1) is 0 Å². The number of carbonyl (C=O) groups excluding carboxylic acids is 5. The van der Waals surface area contributed by atoms with Gasteiger partial charge in [-0.05, 0) is 61.4 Å². The van der Waals surface area contributed by atoms with E-state index in [0.717, 1.165) is 28.0 Å². The fraction of sp³-hybridized carbons (Fsp3) is 0.295. The van der Waals surface area contributed by atoms with E-state index >= 15 is 0 Å². The minimum Gasteiger partial charge on any atom is -0.497 e. The number of carbonyl (C=O) groups is 5. The first-order valence-electron chi connectivity index (χ1n) is 19.6. The number of hydrogen-bond acceptors (Lipinski definition) is 15. The van der Waals surface area contributed by atoms with Crippen LogP contribution in [0.1, 0.15) is 55.7 Å². The number of nitrogens with one attached hydrogen (secondary N) is 3. The number of benzene rings is 3. The quantitative estimate of drug-likeness (QED) is 0.0238. The lowest BCUT2D eigenvalue weighted by molar-refractivity contribution is -0.154. The van der Waals surface area contributed by atoms with Crippen LogP contribution < -0.4 is 20.7 Å². The second-order valence-electron chi connectivity index (χ2n) is 14.7. The number of β-lactam (4-membered cyclic amide) rings is 1. The van der Waals surface area contributed by atoms with E-state index in [0.29, 0.717) is 29.4 Å². The van der Waals surface area contributed by atoms with Crippen LogP contribution in [0.2, 0.25) is 0 Å². The summed E-state index contributed by atoms with van der Waals surface area (Å²) in [7, 11) is 2.84. The molecule has 6 rings (SSSR count). The second-order valence-corrected chi connectivity index (χ2v) is 17.6. The molecule has 1 fully saturated rings. The molecule has 0 aliphatic carbocycles. The smallest absolute Gasteiger partial charge is 0.413 e. The Morgan fingerprint density at radius 2 is 1.65 bits per heavy atom. The van der Waals surface area contributed by atoms with Gasteiger partial charge in [0.2, 0.25) is 0 Å². The van der Waals surface area contributed by atoms with Gasteiger partial charge in [0.25, 0.3) is 11.8 Å². The molecule has 2 atom stereocenters. The minimum absolute atomic E-state index is 0.0594. The molecule has 0 saturated carbocycles. The largest absolute Gasteiger partial charge is 0.497 e. The number of aromatic nitrogens is 1. The number of hydrogen-bond donors (Lipinski definition) is 3. The molecule has 3 heterocycles. The van der Waals surface area contributed by atoms with Crippen molar-refractivity contribution in [3.05, 3.63) is 135 Å². The van der Waals surface area contributed by atoms with Crippen molar-refractivity contribution in [2.45, 2.75) is 56.9 Å². The van der Waals surface area contributed by atoms with Crippen molar-refractivity contribution >= 4 is 75.7 Å². The van der Waals surface area contributed by atoms with Crippen LogP contribution in [0.15, 0.2) is 118 Å². The number of nitrogens with zero attached hydrogens (tertiary/aromatic N) is 3. The Labute approximate surface area is 376 Å². The molecule has 0 spiro atoms. The predicted molar refractivity (Wildman–Crippen MR) is 241 cm³/mol. The van der Waals surface area contributed by atoms with Crippen LogP contribution in [0.3, 0.4) is 0 Å². The average molecular weight is 915 g/mol. The molecule has 330 valence electrons. The first-order chi connectivity index (χ1) is 30.3. The molecule has 4 amide bonds. The molecule has 1 unspecified atom stereocenters. The molecule has 19 heteroatoms. The molecule has 0 bridgehead atoms. The van der Waals surface area contributed by atoms with Gasteiger partial charge in [0.15, 0.2) is 16.9 Å². The zero-order valence-electron chi connectivity index (χ0n) is 35.0. The van der Waals surface area contributed by atoms with Crippen LogP contribution in [0.25, 0.3) is 0 Å². The van der Waals surface area contributed by atoms with Crippen molar-refractivity contribution in [2.24, 2.45) is 5.16 Å². The summed E-state index contributed by atoms with van der Waals surface area (Å²) in [4.78, 5) is 78.0. The van der Waals surface area contributed by atoms with E-state index in [9.17, 15) is 24.0 Å². The maximum atomic E-state index is 14.4. The lowest BCUT2D eigenvalue weighted by Crippen LogP contribution is -2.71. The summed E-state index contributed by atoms with van der Waals surface area (Å²) < 4.78 is 22.0.